The summed E-state index contributed by atoms with van der Waals surface area (Å²) in [5, 5.41) is 9.74. The Kier molecular flexibility index (Phi) is 9.99. The molecule has 2 aromatic rings. The predicted octanol–water partition coefficient (Wildman–Crippen LogP) is 5.33. The normalized spacial score (nSPS) is 25.4. The molecule has 1 spiro atoms. The molecule has 2 aromatic carbocycles. The van der Waals surface area contributed by atoms with Gasteiger partial charge in [-0.2, -0.15) is 0 Å². The molecule has 7 nitrogen and oxygen atoms in total. The highest BCUT2D eigenvalue weighted by atomic mass is 35.5. The van der Waals surface area contributed by atoms with E-state index in [1.54, 1.807) is 44.7 Å². The van der Waals surface area contributed by atoms with E-state index in [0.717, 1.165) is 18.4 Å². The van der Waals surface area contributed by atoms with Gasteiger partial charge < -0.3 is 19.8 Å². The van der Waals surface area contributed by atoms with Crippen molar-refractivity contribution in [2.24, 2.45) is 11.8 Å². The number of unbranched alkanes of at least 4 members (excludes halogenated alkanes) is 2. The van der Waals surface area contributed by atoms with Crippen molar-refractivity contribution in [3.05, 3.63) is 90.5 Å². The fourth-order valence-electron chi connectivity index (χ4n) is 7.18. The Labute approximate surface area is 263 Å². The highest BCUT2D eigenvalue weighted by molar-refractivity contribution is 8.02. The largest absolute Gasteiger partial charge is 0.396 e. The van der Waals surface area contributed by atoms with Crippen molar-refractivity contribution in [1.29, 1.82) is 0 Å². The summed E-state index contributed by atoms with van der Waals surface area (Å²) >= 11 is 8.25. The van der Waals surface area contributed by atoms with E-state index in [4.69, 9.17) is 11.6 Å². The molecule has 2 bridgehead atoms. The maximum absolute atomic E-state index is 14.7. The van der Waals surface area contributed by atoms with E-state index >= 15 is 0 Å². The molecule has 3 saturated heterocycles. The molecule has 3 fully saturated rings. The summed E-state index contributed by atoms with van der Waals surface area (Å²) < 4.78 is -0.705. The molecule has 5 atom stereocenters. The minimum Gasteiger partial charge on any atom is -0.396 e. The number of thioether (sulfide) groups is 1. The second-order valence-corrected chi connectivity index (χ2v) is 13.6. The number of rotatable bonds is 14. The van der Waals surface area contributed by atoms with Crippen LogP contribution in [0.5, 0.6) is 0 Å². The number of anilines is 1. The minimum atomic E-state index is -0.731. The number of para-hydroxylation sites is 1. The molecule has 0 aliphatic carbocycles. The topological polar surface area (TPSA) is 81.2 Å². The molecule has 0 radical (unpaired) electrons. The maximum Gasteiger partial charge on any atom is 0.251 e. The lowest BCUT2D eigenvalue weighted by Crippen LogP contribution is -2.55. The van der Waals surface area contributed by atoms with Gasteiger partial charge in [-0.05, 0) is 49.8 Å². The Morgan fingerprint density at radius 3 is 2.44 bits per heavy atom. The smallest absolute Gasteiger partial charge is 0.251 e. The van der Waals surface area contributed by atoms with Gasteiger partial charge in [0.1, 0.15) is 6.04 Å². The molecule has 0 aromatic heterocycles. The van der Waals surface area contributed by atoms with Crippen LogP contribution in [0.2, 0.25) is 5.02 Å². The lowest BCUT2D eigenvalue weighted by Gasteiger charge is -2.38. The summed E-state index contributed by atoms with van der Waals surface area (Å²) in [5.41, 5.74) is 1.59. The van der Waals surface area contributed by atoms with Gasteiger partial charge in [0.15, 0.2) is 0 Å². The average Bonchev–Trinajstić information content (AvgIpc) is 3.65. The molecule has 3 heterocycles. The van der Waals surface area contributed by atoms with Crippen LogP contribution in [0.25, 0.3) is 0 Å². The molecule has 3 aliphatic heterocycles. The highest BCUT2D eigenvalue weighted by Crippen LogP contribution is 2.66. The first kappa shape index (κ1) is 31.4. The summed E-state index contributed by atoms with van der Waals surface area (Å²) in [6.07, 6.45) is 6.89. The number of amides is 3. The first-order valence-electron chi connectivity index (χ1n) is 15.1. The van der Waals surface area contributed by atoms with E-state index in [1.807, 2.05) is 48.5 Å². The van der Waals surface area contributed by atoms with E-state index in [0.29, 0.717) is 49.6 Å². The predicted molar refractivity (Wildman–Crippen MR) is 173 cm³/mol. The van der Waals surface area contributed by atoms with Crippen LogP contribution in [-0.2, 0) is 20.9 Å². The number of carbonyl (C=O) groups excluding carboxylic acids is 3. The molecule has 43 heavy (non-hydrogen) atoms. The van der Waals surface area contributed by atoms with Crippen LogP contribution in [0.15, 0.2) is 79.9 Å². The van der Waals surface area contributed by atoms with Gasteiger partial charge >= 0.3 is 0 Å². The van der Waals surface area contributed by atoms with E-state index in [2.05, 4.69) is 13.2 Å². The quantitative estimate of drug-likeness (QED) is 0.228. The number of nitrogens with zero attached hydrogens (tertiary/aromatic N) is 3. The molecule has 228 valence electrons. The van der Waals surface area contributed by atoms with Gasteiger partial charge in [-0.25, -0.2) is 0 Å². The first-order valence-corrected chi connectivity index (χ1v) is 16.3. The third-order valence-electron chi connectivity index (χ3n) is 8.97. The maximum atomic E-state index is 14.7. The Balaban J connectivity index is 1.51. The number of aliphatic hydroxyl groups is 1. The van der Waals surface area contributed by atoms with Crippen molar-refractivity contribution in [3.8, 4) is 0 Å². The molecule has 2 unspecified atom stereocenters. The number of carbonyl (C=O) groups is 3. The minimum absolute atomic E-state index is 0.0375. The molecule has 5 rings (SSSR count). The van der Waals surface area contributed by atoms with Crippen LogP contribution >= 0.6 is 23.4 Å². The van der Waals surface area contributed by atoms with Gasteiger partial charge in [-0.3, -0.25) is 14.4 Å². The zero-order valence-corrected chi connectivity index (χ0v) is 26.0. The second kappa shape index (κ2) is 13.7. The second-order valence-electron chi connectivity index (χ2n) is 11.6. The summed E-state index contributed by atoms with van der Waals surface area (Å²) in [6, 6.07) is 16.3. The first-order chi connectivity index (χ1) is 20.9. The fraction of sp³-hybridized carbons (Fsp3) is 0.441. The van der Waals surface area contributed by atoms with Crippen LogP contribution in [0.1, 0.15) is 37.7 Å². The number of likely N-dealkylation sites (tertiary alicyclic amines) is 1. The molecule has 9 heteroatoms. The van der Waals surface area contributed by atoms with Crippen LogP contribution in [-0.4, -0.2) is 74.9 Å². The van der Waals surface area contributed by atoms with Gasteiger partial charge in [0, 0.05) is 38.0 Å². The van der Waals surface area contributed by atoms with Crippen LogP contribution in [0.4, 0.5) is 5.69 Å². The zero-order chi connectivity index (χ0) is 30.6. The Morgan fingerprint density at radius 1 is 1.02 bits per heavy atom. The molecule has 3 aliphatic rings. The van der Waals surface area contributed by atoms with Crippen LogP contribution < -0.4 is 4.90 Å². The summed E-state index contributed by atoms with van der Waals surface area (Å²) in [4.78, 5) is 48.6. The van der Waals surface area contributed by atoms with E-state index in [9.17, 15) is 19.5 Å². The van der Waals surface area contributed by atoms with Crippen molar-refractivity contribution in [3.63, 3.8) is 0 Å². The molecular formula is C34H40ClN3O4S. The van der Waals surface area contributed by atoms with Gasteiger partial charge in [-0.1, -0.05) is 66.2 Å². The lowest BCUT2D eigenvalue weighted by atomic mass is 9.70. The fourth-order valence-corrected chi connectivity index (χ4v) is 9.63. The Hall–Kier alpha value is -3.07. The lowest BCUT2D eigenvalue weighted by molar-refractivity contribution is -0.144. The van der Waals surface area contributed by atoms with E-state index < -0.39 is 22.6 Å². The van der Waals surface area contributed by atoms with Gasteiger partial charge in [-0.15, -0.1) is 24.9 Å². The summed E-state index contributed by atoms with van der Waals surface area (Å²) in [5.74, 6) is -1.47. The summed E-state index contributed by atoms with van der Waals surface area (Å²) in [7, 11) is 0. The Morgan fingerprint density at radius 2 is 1.74 bits per heavy atom. The van der Waals surface area contributed by atoms with Gasteiger partial charge in [0.05, 0.1) is 27.3 Å². The molecule has 0 saturated carbocycles. The third-order valence-corrected chi connectivity index (χ3v) is 11.2. The molecule has 3 amide bonds. The molecular weight excluding hydrogens is 582 g/mol. The van der Waals surface area contributed by atoms with Crippen molar-refractivity contribution in [1.82, 2.24) is 9.80 Å². The van der Waals surface area contributed by atoms with E-state index in [-0.39, 0.29) is 36.1 Å². The van der Waals surface area contributed by atoms with Crippen LogP contribution in [0, 0.1) is 11.8 Å². The van der Waals surface area contributed by atoms with Crippen molar-refractivity contribution >= 4 is 46.8 Å². The molecule has 1 N–H and O–H groups in total. The van der Waals surface area contributed by atoms with Crippen molar-refractivity contribution in [2.45, 2.75) is 54.7 Å². The van der Waals surface area contributed by atoms with E-state index in [1.165, 1.54) is 0 Å². The van der Waals surface area contributed by atoms with Gasteiger partial charge in [0.2, 0.25) is 11.8 Å². The Bertz CT molecular complexity index is 1360. The van der Waals surface area contributed by atoms with Crippen molar-refractivity contribution in [2.75, 3.05) is 31.1 Å². The number of aliphatic hydroxyl groups excluding tert-OH is 1. The number of halogens is 1. The SMILES string of the molecule is C=CCN(Cc1ccccc1)C(=O)[C@@H]1[C@H]2C(=O)N(CCCCCO)C(C(=O)N(CC=C)c3ccccc3Cl)C23CC[C@H]1S3. The summed E-state index contributed by atoms with van der Waals surface area (Å²) in [6.45, 7) is 9.29. The van der Waals surface area contributed by atoms with Crippen molar-refractivity contribution < 1.29 is 19.5 Å². The van der Waals surface area contributed by atoms with Gasteiger partial charge in [0.25, 0.3) is 5.91 Å². The number of hydrogen-bond donors (Lipinski definition) is 1. The number of benzene rings is 2. The standard InChI is InChI=1S/C34H40ClN3O4S/c1-3-19-36(23-24-13-7-5-8-14-24)31(40)28-27-17-18-34(43-27)29(28)32(41)38(21-11-6-12-22-39)30(34)33(42)37(20-4-2)26-16-10-9-15-25(26)35/h3-5,7-10,13-16,27-30,39H,1-2,6,11-12,17-23H2/t27-,28+,29+,30?,34?/m1/s1. The average molecular weight is 622 g/mol. The highest BCUT2D eigenvalue weighted by Gasteiger charge is 2.74. The number of fused-ring (bicyclic) bond motifs is 1. The van der Waals surface area contributed by atoms with Crippen LogP contribution in [0.3, 0.4) is 0 Å². The number of hydrogen-bond acceptors (Lipinski definition) is 5. The zero-order valence-electron chi connectivity index (χ0n) is 24.4. The third kappa shape index (κ3) is 5.89. The monoisotopic (exact) mass is 621 g/mol.